The van der Waals surface area contributed by atoms with Gasteiger partial charge in [-0.25, -0.2) is 13.2 Å². The van der Waals surface area contributed by atoms with E-state index >= 15 is 0 Å². The molecule has 1 aliphatic carbocycles. The summed E-state index contributed by atoms with van der Waals surface area (Å²) in [7, 11) is -3.62. The maximum absolute atomic E-state index is 12.8. The van der Waals surface area contributed by atoms with Gasteiger partial charge in [0.05, 0.1) is 4.90 Å². The third-order valence-corrected chi connectivity index (χ3v) is 7.96. The minimum absolute atomic E-state index is 0.110. The minimum atomic E-state index is -3.62. The molecule has 2 aliphatic heterocycles. The Bertz CT molecular complexity index is 985. The highest BCUT2D eigenvalue weighted by molar-refractivity contribution is 7.89. The van der Waals surface area contributed by atoms with Gasteiger partial charge in [-0.05, 0) is 56.7 Å². The first-order valence-electron chi connectivity index (χ1n) is 10.3. The summed E-state index contributed by atoms with van der Waals surface area (Å²) in [6.45, 7) is 2.25. The lowest BCUT2D eigenvalue weighted by atomic mass is 9.96. The van der Waals surface area contributed by atoms with Gasteiger partial charge < -0.3 is 10.6 Å². The number of nitrogens with one attached hydrogen (secondary N) is 2. The molecule has 2 saturated heterocycles. The molecular weight excluding hydrogens is 408 g/mol. The van der Waals surface area contributed by atoms with Crippen molar-refractivity contribution in [1.82, 2.24) is 14.5 Å². The van der Waals surface area contributed by atoms with Crippen LogP contribution in [0.5, 0.6) is 0 Å². The normalized spacial score (nSPS) is 25.3. The second-order valence-corrected chi connectivity index (χ2v) is 10.3. The van der Waals surface area contributed by atoms with Gasteiger partial charge in [0.15, 0.2) is 0 Å². The van der Waals surface area contributed by atoms with Crippen LogP contribution in [-0.4, -0.2) is 60.6 Å². The second-order valence-electron chi connectivity index (χ2n) is 8.34. The molecule has 4 amide bonds. The number of anilines is 1. The van der Waals surface area contributed by atoms with E-state index in [4.69, 9.17) is 0 Å². The molecule has 0 spiro atoms. The summed E-state index contributed by atoms with van der Waals surface area (Å²) >= 11 is 0. The number of carbonyl (C=O) groups excluding carboxylic acids is 3. The Morgan fingerprint density at radius 1 is 1.20 bits per heavy atom. The van der Waals surface area contributed by atoms with Crippen LogP contribution in [0.25, 0.3) is 0 Å². The van der Waals surface area contributed by atoms with E-state index in [1.54, 1.807) is 19.1 Å². The highest BCUT2D eigenvalue weighted by atomic mass is 32.2. The molecule has 1 atom stereocenters. The maximum Gasteiger partial charge on any atom is 0.325 e. The number of sulfonamides is 1. The SMILES string of the molecule is CC1(C2CC2)NC(=O)N(CC(=O)Nc2cccc(S(=O)(=O)N3CCCCC3)c2)C1=O. The topological polar surface area (TPSA) is 116 Å². The predicted octanol–water partition coefficient (Wildman–Crippen LogP) is 1.52. The van der Waals surface area contributed by atoms with Crippen LogP contribution in [0, 0.1) is 5.92 Å². The van der Waals surface area contributed by atoms with E-state index in [1.807, 2.05) is 0 Å². The van der Waals surface area contributed by atoms with E-state index in [1.165, 1.54) is 16.4 Å². The molecule has 1 unspecified atom stereocenters. The number of hydrogen-bond acceptors (Lipinski definition) is 5. The first-order valence-corrected chi connectivity index (χ1v) is 11.7. The molecule has 1 aromatic carbocycles. The van der Waals surface area contributed by atoms with Crippen LogP contribution >= 0.6 is 0 Å². The lowest BCUT2D eigenvalue weighted by Gasteiger charge is -2.26. The van der Waals surface area contributed by atoms with Crippen molar-refractivity contribution in [2.24, 2.45) is 5.92 Å². The number of piperidine rings is 1. The summed E-state index contributed by atoms with van der Waals surface area (Å²) in [6.07, 6.45) is 4.44. The van der Waals surface area contributed by atoms with Crippen LogP contribution in [0.4, 0.5) is 10.5 Å². The Balaban J connectivity index is 1.43. The molecule has 9 nitrogen and oxygen atoms in total. The Labute approximate surface area is 175 Å². The zero-order valence-electron chi connectivity index (χ0n) is 16.9. The predicted molar refractivity (Wildman–Crippen MR) is 109 cm³/mol. The van der Waals surface area contributed by atoms with Crippen molar-refractivity contribution in [3.05, 3.63) is 24.3 Å². The quantitative estimate of drug-likeness (QED) is 0.659. The van der Waals surface area contributed by atoms with E-state index in [0.717, 1.165) is 37.0 Å². The number of imide groups is 1. The minimum Gasteiger partial charge on any atom is -0.324 e. The monoisotopic (exact) mass is 434 g/mol. The first kappa shape index (κ1) is 20.8. The van der Waals surface area contributed by atoms with Crippen molar-refractivity contribution >= 4 is 33.6 Å². The summed E-state index contributed by atoms with van der Waals surface area (Å²) in [5.74, 6) is -0.851. The molecule has 2 N–H and O–H groups in total. The maximum atomic E-state index is 12.8. The van der Waals surface area contributed by atoms with Gasteiger partial charge in [-0.15, -0.1) is 0 Å². The van der Waals surface area contributed by atoms with E-state index in [-0.39, 0.29) is 10.8 Å². The average Bonchev–Trinajstić information content (AvgIpc) is 3.55. The number of amides is 4. The van der Waals surface area contributed by atoms with E-state index in [0.29, 0.717) is 18.8 Å². The molecule has 0 radical (unpaired) electrons. The van der Waals surface area contributed by atoms with Gasteiger partial charge in [0, 0.05) is 18.8 Å². The van der Waals surface area contributed by atoms with E-state index in [9.17, 15) is 22.8 Å². The fourth-order valence-electron chi connectivity index (χ4n) is 4.13. The van der Waals surface area contributed by atoms with Gasteiger partial charge in [-0.2, -0.15) is 4.31 Å². The summed E-state index contributed by atoms with van der Waals surface area (Å²) in [6, 6.07) is 5.46. The smallest absolute Gasteiger partial charge is 0.324 e. The van der Waals surface area contributed by atoms with E-state index < -0.39 is 40.0 Å². The summed E-state index contributed by atoms with van der Waals surface area (Å²) in [5.41, 5.74) is -0.644. The molecule has 0 aromatic heterocycles. The highest BCUT2D eigenvalue weighted by Gasteiger charge is 2.56. The Morgan fingerprint density at radius 2 is 1.90 bits per heavy atom. The Kier molecular flexibility index (Phi) is 5.31. The number of hydrogen-bond donors (Lipinski definition) is 2. The van der Waals surface area contributed by atoms with Crippen molar-refractivity contribution in [2.75, 3.05) is 25.0 Å². The van der Waals surface area contributed by atoms with Gasteiger partial charge in [0.1, 0.15) is 12.1 Å². The summed E-state index contributed by atoms with van der Waals surface area (Å²) in [5, 5.41) is 5.30. The number of urea groups is 1. The van der Waals surface area contributed by atoms with E-state index in [2.05, 4.69) is 10.6 Å². The van der Waals surface area contributed by atoms with Crippen molar-refractivity contribution in [3.63, 3.8) is 0 Å². The molecule has 162 valence electrons. The Morgan fingerprint density at radius 3 is 2.57 bits per heavy atom. The molecule has 1 aromatic rings. The third kappa shape index (κ3) is 3.81. The van der Waals surface area contributed by atoms with Gasteiger partial charge in [0.25, 0.3) is 5.91 Å². The van der Waals surface area contributed by atoms with Gasteiger partial charge in [0.2, 0.25) is 15.9 Å². The summed E-state index contributed by atoms with van der Waals surface area (Å²) < 4.78 is 27.1. The molecular formula is C20H26N4O5S. The molecule has 10 heteroatoms. The largest absolute Gasteiger partial charge is 0.325 e. The van der Waals surface area contributed by atoms with Crippen molar-refractivity contribution in [2.45, 2.75) is 49.5 Å². The van der Waals surface area contributed by atoms with Crippen LogP contribution in [0.1, 0.15) is 39.0 Å². The van der Waals surface area contributed by atoms with Crippen LogP contribution < -0.4 is 10.6 Å². The molecule has 4 rings (SSSR count). The molecule has 0 bridgehead atoms. The standard InChI is InChI=1S/C20H26N4O5S/c1-20(14-8-9-14)18(26)24(19(27)22-20)13-17(25)21-15-6-5-7-16(12-15)30(28,29)23-10-3-2-4-11-23/h5-7,12,14H,2-4,8-11,13H2,1H3,(H,21,25)(H,22,27). The highest BCUT2D eigenvalue weighted by Crippen LogP contribution is 2.42. The van der Waals surface area contributed by atoms with Crippen LogP contribution in [-0.2, 0) is 19.6 Å². The second kappa shape index (κ2) is 7.66. The van der Waals surface area contributed by atoms with Crippen molar-refractivity contribution < 1.29 is 22.8 Å². The van der Waals surface area contributed by atoms with Gasteiger partial charge in [-0.1, -0.05) is 12.5 Å². The number of rotatable bonds is 6. The zero-order valence-corrected chi connectivity index (χ0v) is 17.7. The first-order chi connectivity index (χ1) is 14.2. The van der Waals surface area contributed by atoms with Crippen LogP contribution in [0.2, 0.25) is 0 Å². The Hall–Kier alpha value is -2.46. The number of nitrogens with zero attached hydrogens (tertiary/aromatic N) is 2. The lowest BCUT2D eigenvalue weighted by Crippen LogP contribution is -2.46. The fraction of sp³-hybridized carbons (Fsp3) is 0.550. The van der Waals surface area contributed by atoms with Crippen molar-refractivity contribution in [3.8, 4) is 0 Å². The summed E-state index contributed by atoms with van der Waals surface area (Å²) in [4.78, 5) is 38.4. The van der Waals surface area contributed by atoms with Crippen LogP contribution in [0.3, 0.4) is 0 Å². The molecule has 30 heavy (non-hydrogen) atoms. The van der Waals surface area contributed by atoms with Crippen molar-refractivity contribution in [1.29, 1.82) is 0 Å². The van der Waals surface area contributed by atoms with Gasteiger partial charge >= 0.3 is 6.03 Å². The number of benzene rings is 1. The molecule has 2 heterocycles. The van der Waals surface area contributed by atoms with Crippen LogP contribution in [0.15, 0.2) is 29.2 Å². The zero-order chi connectivity index (χ0) is 21.5. The molecule has 1 saturated carbocycles. The number of carbonyl (C=O) groups is 3. The third-order valence-electron chi connectivity index (χ3n) is 6.07. The fourth-order valence-corrected chi connectivity index (χ4v) is 5.69. The van der Waals surface area contributed by atoms with Gasteiger partial charge in [-0.3, -0.25) is 14.5 Å². The molecule has 3 aliphatic rings. The lowest BCUT2D eigenvalue weighted by molar-refractivity contribution is -0.134. The average molecular weight is 435 g/mol. The molecule has 3 fully saturated rings.